The fraction of sp³-hybridized carbons (Fsp3) is 0.800. The van der Waals surface area contributed by atoms with Crippen LogP contribution < -0.4 is 0 Å². The van der Waals surface area contributed by atoms with Crippen molar-refractivity contribution in [1.29, 1.82) is 0 Å². The van der Waals surface area contributed by atoms with Crippen LogP contribution in [-0.2, 0) is 23.8 Å². The number of amides is 1. The minimum atomic E-state index is -1.09. The summed E-state index contributed by atoms with van der Waals surface area (Å²) in [6.45, 7) is 7.68. The second-order valence-electron chi connectivity index (χ2n) is 6.61. The van der Waals surface area contributed by atoms with Gasteiger partial charge in [0, 0.05) is 6.54 Å². The highest BCUT2D eigenvalue weighted by Gasteiger charge is 2.59. The molecule has 0 aromatic heterocycles. The number of hydrogen-bond acceptors (Lipinski definition) is 6. The van der Waals surface area contributed by atoms with Gasteiger partial charge in [-0.25, -0.2) is 4.79 Å². The molecule has 7 nitrogen and oxygen atoms in total. The predicted octanol–water partition coefficient (Wildman–Crippen LogP) is 1.14. The van der Waals surface area contributed by atoms with E-state index >= 15 is 0 Å². The molecule has 0 aromatic rings. The number of piperidine rings is 1. The first-order chi connectivity index (χ1) is 10.2. The largest absolute Gasteiger partial charge is 0.465 e. The Kier molecular flexibility index (Phi) is 4.47. The number of ether oxygens (including phenoxy) is 3. The molecule has 0 aromatic carbocycles. The van der Waals surface area contributed by atoms with Crippen molar-refractivity contribution in [2.75, 3.05) is 26.4 Å². The third-order valence-electron chi connectivity index (χ3n) is 3.80. The van der Waals surface area contributed by atoms with Crippen LogP contribution in [0.5, 0.6) is 0 Å². The Morgan fingerprint density at radius 3 is 2.45 bits per heavy atom. The summed E-state index contributed by atoms with van der Waals surface area (Å²) in [6, 6.07) is 0. The number of carbonyl (C=O) groups excluding carboxylic acids is 3. The van der Waals surface area contributed by atoms with Crippen molar-refractivity contribution >= 4 is 17.8 Å². The standard InChI is InChI=1S/C15H23NO6/c1-5-21-12(18)10-6-7-16(13(19)22-14(2,3)4)15(11(10)17)8-20-9-15/h10H,5-9H2,1-4H3. The molecule has 2 aliphatic heterocycles. The van der Waals surface area contributed by atoms with Crippen molar-refractivity contribution in [3.63, 3.8) is 0 Å². The number of ketones is 1. The Bertz CT molecular complexity index is 477. The zero-order chi connectivity index (χ0) is 16.5. The highest BCUT2D eigenvalue weighted by Crippen LogP contribution is 2.36. The van der Waals surface area contributed by atoms with Gasteiger partial charge in [-0.2, -0.15) is 0 Å². The van der Waals surface area contributed by atoms with E-state index in [1.165, 1.54) is 4.90 Å². The maximum Gasteiger partial charge on any atom is 0.411 e. The number of nitrogens with zero attached hydrogens (tertiary/aromatic N) is 1. The van der Waals surface area contributed by atoms with Crippen LogP contribution in [0.2, 0.25) is 0 Å². The van der Waals surface area contributed by atoms with Gasteiger partial charge in [-0.1, -0.05) is 0 Å². The van der Waals surface area contributed by atoms with Gasteiger partial charge in [-0.15, -0.1) is 0 Å². The third-order valence-corrected chi connectivity index (χ3v) is 3.80. The lowest BCUT2D eigenvalue weighted by Crippen LogP contribution is -2.73. The van der Waals surface area contributed by atoms with E-state index in [-0.39, 0.29) is 38.6 Å². The first-order valence-corrected chi connectivity index (χ1v) is 7.50. The molecule has 2 rings (SSSR count). The summed E-state index contributed by atoms with van der Waals surface area (Å²) in [7, 11) is 0. The fourth-order valence-corrected chi connectivity index (χ4v) is 2.70. The van der Waals surface area contributed by atoms with Crippen molar-refractivity contribution < 1.29 is 28.6 Å². The maximum atomic E-state index is 12.7. The van der Waals surface area contributed by atoms with Gasteiger partial charge in [0.15, 0.2) is 11.3 Å². The van der Waals surface area contributed by atoms with Crippen LogP contribution in [-0.4, -0.2) is 60.3 Å². The zero-order valence-electron chi connectivity index (χ0n) is 13.5. The molecule has 0 N–H and O–H groups in total. The molecule has 1 atom stereocenters. The van der Waals surface area contributed by atoms with Gasteiger partial charge in [0.1, 0.15) is 11.5 Å². The summed E-state index contributed by atoms with van der Waals surface area (Å²) in [4.78, 5) is 38.4. The van der Waals surface area contributed by atoms with Gasteiger partial charge in [0.25, 0.3) is 0 Å². The quantitative estimate of drug-likeness (QED) is 0.562. The van der Waals surface area contributed by atoms with Crippen LogP contribution in [0.25, 0.3) is 0 Å². The van der Waals surface area contributed by atoms with Crippen LogP contribution in [0.3, 0.4) is 0 Å². The summed E-state index contributed by atoms with van der Waals surface area (Å²) in [5.41, 5.74) is -1.73. The van der Waals surface area contributed by atoms with Crippen molar-refractivity contribution in [3.8, 4) is 0 Å². The highest BCUT2D eigenvalue weighted by molar-refractivity contribution is 6.06. The minimum absolute atomic E-state index is 0.0982. The van der Waals surface area contributed by atoms with E-state index < -0.39 is 29.1 Å². The molecule has 0 aliphatic carbocycles. The number of carbonyl (C=O) groups is 3. The Balaban J connectivity index is 2.17. The maximum absolute atomic E-state index is 12.7. The summed E-state index contributed by atoms with van der Waals surface area (Å²) in [6.07, 6.45) is -0.301. The number of likely N-dealkylation sites (tertiary alicyclic amines) is 1. The van der Waals surface area contributed by atoms with Crippen LogP contribution >= 0.6 is 0 Å². The number of rotatable bonds is 2. The second kappa shape index (κ2) is 5.87. The molecular weight excluding hydrogens is 290 g/mol. The van der Waals surface area contributed by atoms with E-state index in [1.54, 1.807) is 27.7 Å². The molecule has 2 heterocycles. The lowest BCUT2D eigenvalue weighted by atomic mass is 9.77. The van der Waals surface area contributed by atoms with Gasteiger partial charge in [-0.3, -0.25) is 14.5 Å². The molecule has 1 amide bonds. The highest BCUT2D eigenvalue weighted by atomic mass is 16.6. The molecular formula is C15H23NO6. The van der Waals surface area contributed by atoms with E-state index in [0.717, 1.165) is 0 Å². The molecule has 2 fully saturated rings. The first kappa shape index (κ1) is 16.7. The summed E-state index contributed by atoms with van der Waals surface area (Å²) in [5.74, 6) is -1.67. The lowest BCUT2D eigenvalue weighted by molar-refractivity contribution is -0.183. The Labute approximate surface area is 129 Å². The molecule has 7 heteroatoms. The van der Waals surface area contributed by atoms with Gasteiger partial charge < -0.3 is 14.2 Å². The molecule has 2 aliphatic rings. The Morgan fingerprint density at radius 2 is 2.00 bits per heavy atom. The van der Waals surface area contributed by atoms with E-state index in [2.05, 4.69) is 0 Å². The average Bonchev–Trinajstić information content (AvgIpc) is 2.34. The smallest absolute Gasteiger partial charge is 0.411 e. The molecule has 0 saturated carbocycles. The second-order valence-corrected chi connectivity index (χ2v) is 6.61. The van der Waals surface area contributed by atoms with Crippen molar-refractivity contribution in [1.82, 2.24) is 4.90 Å². The molecule has 22 heavy (non-hydrogen) atoms. The van der Waals surface area contributed by atoms with Gasteiger partial charge in [-0.05, 0) is 34.1 Å². The van der Waals surface area contributed by atoms with Crippen molar-refractivity contribution in [2.45, 2.75) is 45.3 Å². The molecule has 2 saturated heterocycles. The number of hydrogen-bond donors (Lipinski definition) is 0. The van der Waals surface area contributed by atoms with E-state index in [0.29, 0.717) is 0 Å². The monoisotopic (exact) mass is 313 g/mol. The zero-order valence-corrected chi connectivity index (χ0v) is 13.5. The predicted molar refractivity (Wildman–Crippen MR) is 76.2 cm³/mol. The first-order valence-electron chi connectivity index (χ1n) is 7.50. The normalized spacial score (nSPS) is 23.9. The van der Waals surface area contributed by atoms with Crippen LogP contribution in [0.4, 0.5) is 4.79 Å². The van der Waals surface area contributed by atoms with Crippen LogP contribution in [0, 0.1) is 5.92 Å². The van der Waals surface area contributed by atoms with E-state index in [1.807, 2.05) is 0 Å². The van der Waals surface area contributed by atoms with Gasteiger partial charge >= 0.3 is 12.1 Å². The SMILES string of the molecule is CCOC(=O)C1CCN(C(=O)OC(C)(C)C)C2(COC2)C1=O. The molecule has 1 spiro atoms. The summed E-state index contributed by atoms with van der Waals surface area (Å²) >= 11 is 0. The molecule has 124 valence electrons. The molecule has 0 radical (unpaired) electrons. The Morgan fingerprint density at radius 1 is 1.36 bits per heavy atom. The van der Waals surface area contributed by atoms with E-state index in [9.17, 15) is 14.4 Å². The van der Waals surface area contributed by atoms with Gasteiger partial charge in [0.2, 0.25) is 0 Å². The average molecular weight is 313 g/mol. The van der Waals surface area contributed by atoms with Crippen molar-refractivity contribution in [2.24, 2.45) is 5.92 Å². The third kappa shape index (κ3) is 2.95. The van der Waals surface area contributed by atoms with Gasteiger partial charge in [0.05, 0.1) is 19.8 Å². The molecule has 0 bridgehead atoms. The van der Waals surface area contributed by atoms with Crippen LogP contribution in [0.1, 0.15) is 34.1 Å². The summed E-state index contributed by atoms with van der Waals surface area (Å²) in [5, 5.41) is 0. The van der Waals surface area contributed by atoms with Crippen molar-refractivity contribution in [3.05, 3.63) is 0 Å². The van der Waals surface area contributed by atoms with E-state index in [4.69, 9.17) is 14.2 Å². The Hall–Kier alpha value is -1.63. The number of Topliss-reactive ketones (excluding diaryl/α,β-unsaturated/α-hetero) is 1. The topological polar surface area (TPSA) is 82.1 Å². The van der Waals surface area contributed by atoms with Crippen LogP contribution in [0.15, 0.2) is 0 Å². The fourth-order valence-electron chi connectivity index (χ4n) is 2.70. The minimum Gasteiger partial charge on any atom is -0.465 e. The lowest BCUT2D eigenvalue weighted by Gasteiger charge is -2.51. The summed E-state index contributed by atoms with van der Waals surface area (Å²) < 4.78 is 15.5. The number of esters is 1. The molecule has 1 unspecified atom stereocenters.